The van der Waals surface area contributed by atoms with Gasteiger partial charge in [-0.15, -0.1) is 0 Å². The van der Waals surface area contributed by atoms with Gasteiger partial charge in [-0.2, -0.15) is 0 Å². The average Bonchev–Trinajstić information content (AvgIpc) is 3.55. The van der Waals surface area contributed by atoms with Crippen molar-refractivity contribution in [2.75, 3.05) is 46.5 Å². The second-order valence-electron chi connectivity index (χ2n) is 9.43. The van der Waals surface area contributed by atoms with Gasteiger partial charge < -0.3 is 19.3 Å². The van der Waals surface area contributed by atoms with Gasteiger partial charge in [0.05, 0.1) is 18.6 Å². The van der Waals surface area contributed by atoms with Gasteiger partial charge >= 0.3 is 0 Å². The second kappa shape index (κ2) is 10.1. The number of benzene rings is 1. The van der Waals surface area contributed by atoms with Crippen LogP contribution in [0.1, 0.15) is 56.9 Å². The van der Waals surface area contributed by atoms with Crippen LogP contribution in [0.3, 0.4) is 0 Å². The Morgan fingerprint density at radius 2 is 1.90 bits per heavy atom. The highest BCUT2D eigenvalue weighted by Crippen LogP contribution is 2.47. The molecule has 0 aromatic heterocycles. The molecule has 1 aliphatic carbocycles. The third-order valence-electron chi connectivity index (χ3n) is 7.18. The Kier molecular flexibility index (Phi) is 7.32. The third-order valence-corrected chi connectivity index (χ3v) is 7.18. The van der Waals surface area contributed by atoms with Gasteiger partial charge in [0, 0.05) is 19.7 Å². The highest BCUT2D eigenvalue weighted by molar-refractivity contribution is 5.85. The Hall–Kier alpha value is -1.59. The van der Waals surface area contributed by atoms with E-state index < -0.39 is 0 Å². The lowest BCUT2D eigenvalue weighted by molar-refractivity contribution is -0.139. The Balaban J connectivity index is 1.46. The molecule has 2 fully saturated rings. The lowest BCUT2D eigenvalue weighted by Gasteiger charge is -2.36. The number of nitrogens with zero attached hydrogens (tertiary/aromatic N) is 2. The normalized spacial score (nSPS) is 25.4. The van der Waals surface area contributed by atoms with E-state index in [2.05, 4.69) is 23.1 Å². The minimum Gasteiger partial charge on any atom is -0.492 e. The molecule has 2 bridgehead atoms. The Morgan fingerprint density at radius 3 is 2.70 bits per heavy atom. The summed E-state index contributed by atoms with van der Waals surface area (Å²) in [6.07, 6.45) is 10.5. The molecule has 1 unspecified atom stereocenters. The van der Waals surface area contributed by atoms with Crippen LogP contribution in [0.4, 0.5) is 0 Å². The molecule has 30 heavy (non-hydrogen) atoms. The van der Waals surface area contributed by atoms with Crippen LogP contribution < -0.4 is 4.74 Å². The van der Waals surface area contributed by atoms with Crippen LogP contribution in [0.25, 0.3) is 0 Å². The van der Waals surface area contributed by atoms with Gasteiger partial charge in [0.2, 0.25) is 5.91 Å². The quantitative estimate of drug-likeness (QED) is 0.752. The Morgan fingerprint density at radius 1 is 1.10 bits per heavy atom. The maximum atomic E-state index is 13.3. The van der Waals surface area contributed by atoms with Crippen molar-refractivity contribution in [3.05, 3.63) is 29.8 Å². The average molecular weight is 415 g/mol. The van der Waals surface area contributed by atoms with Crippen LogP contribution in [-0.2, 0) is 16.0 Å². The summed E-state index contributed by atoms with van der Waals surface area (Å²) in [6.45, 7) is 4.96. The van der Waals surface area contributed by atoms with Crippen LogP contribution >= 0.6 is 0 Å². The van der Waals surface area contributed by atoms with Crippen LogP contribution in [0.2, 0.25) is 0 Å². The minimum absolute atomic E-state index is 0.266. The van der Waals surface area contributed by atoms with Gasteiger partial charge in [-0.25, -0.2) is 0 Å². The summed E-state index contributed by atoms with van der Waals surface area (Å²) in [4.78, 5) is 18.0. The number of carbonyl (C=O) groups is 1. The van der Waals surface area contributed by atoms with Crippen LogP contribution in [0, 0.1) is 5.41 Å². The van der Waals surface area contributed by atoms with E-state index in [0.717, 1.165) is 50.9 Å². The zero-order valence-electron chi connectivity index (χ0n) is 18.6. The predicted octanol–water partition coefficient (Wildman–Crippen LogP) is 3.90. The first-order valence-corrected chi connectivity index (χ1v) is 11.9. The van der Waals surface area contributed by atoms with Crippen molar-refractivity contribution in [3.8, 4) is 5.75 Å². The fourth-order valence-corrected chi connectivity index (χ4v) is 5.19. The topological polar surface area (TPSA) is 42.0 Å². The summed E-state index contributed by atoms with van der Waals surface area (Å²) in [5.74, 6) is 1.19. The van der Waals surface area contributed by atoms with E-state index in [9.17, 15) is 4.79 Å². The lowest BCUT2D eigenvalue weighted by atomic mass is 9.95. The number of hydrogen-bond donors (Lipinski definition) is 0. The van der Waals surface area contributed by atoms with E-state index in [1.165, 1.54) is 37.8 Å². The van der Waals surface area contributed by atoms with Crippen LogP contribution in [0.15, 0.2) is 24.3 Å². The number of hydrogen-bond acceptors (Lipinski definition) is 4. The molecule has 0 radical (unpaired) electrons. The minimum atomic E-state index is -0.268. The molecule has 2 heterocycles. The van der Waals surface area contributed by atoms with Gasteiger partial charge in [-0.05, 0) is 82.2 Å². The summed E-state index contributed by atoms with van der Waals surface area (Å²) >= 11 is 0. The summed E-state index contributed by atoms with van der Waals surface area (Å²) < 4.78 is 11.4. The van der Waals surface area contributed by atoms with E-state index in [4.69, 9.17) is 9.47 Å². The molecular formula is C25H38N2O3. The first-order chi connectivity index (χ1) is 14.7. The van der Waals surface area contributed by atoms with Crippen molar-refractivity contribution in [1.82, 2.24) is 9.80 Å². The molecule has 0 N–H and O–H groups in total. The molecule has 1 amide bonds. The molecular weight excluding hydrogens is 376 g/mol. The van der Waals surface area contributed by atoms with E-state index in [1.807, 2.05) is 11.0 Å². The molecule has 1 aromatic rings. The Labute approximate surface area is 181 Å². The number of piperidine rings is 1. The smallest absolute Gasteiger partial charge is 0.231 e. The number of fused-ring (bicyclic) bond motifs is 3. The van der Waals surface area contributed by atoms with Gasteiger partial charge in [-0.1, -0.05) is 18.6 Å². The third kappa shape index (κ3) is 5.36. The van der Waals surface area contributed by atoms with Gasteiger partial charge in [0.1, 0.15) is 12.4 Å². The van der Waals surface area contributed by atoms with Crippen molar-refractivity contribution >= 4 is 5.91 Å². The van der Waals surface area contributed by atoms with Gasteiger partial charge in [0.15, 0.2) is 0 Å². The largest absolute Gasteiger partial charge is 0.492 e. The molecule has 3 aliphatic rings. The fourth-order valence-electron chi connectivity index (χ4n) is 5.19. The summed E-state index contributed by atoms with van der Waals surface area (Å²) in [5.41, 5.74) is 1.09. The molecule has 5 nitrogen and oxygen atoms in total. The number of carbonyl (C=O) groups excluding carboxylic acids is 1. The fraction of sp³-hybridized carbons (Fsp3) is 0.720. The van der Waals surface area contributed by atoms with E-state index in [-0.39, 0.29) is 11.3 Å². The van der Waals surface area contributed by atoms with E-state index in [0.29, 0.717) is 25.8 Å². The molecule has 2 aliphatic heterocycles. The number of amides is 1. The second-order valence-corrected chi connectivity index (χ2v) is 9.43. The predicted molar refractivity (Wildman–Crippen MR) is 119 cm³/mol. The Bertz CT molecular complexity index is 703. The standard InChI is InChI=1S/C25H38N2O3/c1-29-20-25(12-13-25)24(28)27-16-5-4-15-26-14-3-2-8-22(26)11-10-21-7-6-9-23(19-21)30-18-17-27/h6-7,9,19,22H,2-5,8,10-18,20H2,1H3. The zero-order chi connectivity index (χ0) is 20.8. The first-order valence-electron chi connectivity index (χ1n) is 11.9. The molecule has 1 atom stereocenters. The maximum absolute atomic E-state index is 13.3. The van der Waals surface area contributed by atoms with Crippen molar-refractivity contribution in [1.29, 1.82) is 0 Å². The first kappa shape index (κ1) is 21.6. The highest BCUT2D eigenvalue weighted by Gasteiger charge is 2.51. The SMILES string of the molecule is COCC1(C(=O)N2CCCCN3CCCCC3CCc3cccc(c3)OCC2)CC1. The van der Waals surface area contributed by atoms with E-state index >= 15 is 0 Å². The summed E-state index contributed by atoms with van der Waals surface area (Å²) in [5, 5.41) is 0. The molecule has 4 rings (SSSR count). The van der Waals surface area contributed by atoms with Crippen molar-refractivity contribution in [2.45, 2.75) is 63.8 Å². The molecule has 0 spiro atoms. The van der Waals surface area contributed by atoms with Crippen molar-refractivity contribution in [3.63, 3.8) is 0 Å². The highest BCUT2D eigenvalue weighted by atomic mass is 16.5. The summed E-state index contributed by atoms with van der Waals surface area (Å²) in [6, 6.07) is 9.24. The van der Waals surface area contributed by atoms with Crippen molar-refractivity contribution < 1.29 is 14.3 Å². The monoisotopic (exact) mass is 414 g/mol. The molecule has 166 valence electrons. The molecule has 1 aromatic carbocycles. The number of rotatable bonds is 3. The summed E-state index contributed by atoms with van der Waals surface area (Å²) in [7, 11) is 1.70. The van der Waals surface area contributed by atoms with Crippen molar-refractivity contribution in [2.24, 2.45) is 5.41 Å². The maximum Gasteiger partial charge on any atom is 0.231 e. The molecule has 1 saturated carbocycles. The van der Waals surface area contributed by atoms with Crippen LogP contribution in [0.5, 0.6) is 5.75 Å². The van der Waals surface area contributed by atoms with Gasteiger partial charge in [0.25, 0.3) is 0 Å². The van der Waals surface area contributed by atoms with E-state index in [1.54, 1.807) is 7.11 Å². The molecule has 5 heteroatoms. The number of aryl methyl sites for hydroxylation is 1. The van der Waals surface area contributed by atoms with Crippen LogP contribution in [-0.4, -0.2) is 68.3 Å². The number of ether oxygens (including phenoxy) is 2. The van der Waals surface area contributed by atoms with Gasteiger partial charge in [-0.3, -0.25) is 4.79 Å². The zero-order valence-corrected chi connectivity index (χ0v) is 18.6. The molecule has 1 saturated heterocycles. The lowest BCUT2D eigenvalue weighted by Crippen LogP contribution is -2.43. The number of methoxy groups -OCH3 is 1.